The van der Waals surface area contributed by atoms with E-state index in [0.717, 1.165) is 11.1 Å². The van der Waals surface area contributed by atoms with Crippen LogP contribution in [0, 0.1) is 6.92 Å². The first kappa shape index (κ1) is 17.1. The van der Waals surface area contributed by atoms with Crippen molar-refractivity contribution >= 4 is 10.0 Å². The van der Waals surface area contributed by atoms with Crippen LogP contribution in [0.1, 0.15) is 25.0 Å². The van der Waals surface area contributed by atoms with E-state index in [1.165, 1.54) is 0 Å². The molecule has 0 amide bonds. The highest BCUT2D eigenvalue weighted by Gasteiger charge is 2.18. The van der Waals surface area contributed by atoms with Crippen LogP contribution in [-0.4, -0.2) is 34.7 Å². The molecule has 0 aromatic heterocycles. The molecule has 0 aliphatic rings. The summed E-state index contributed by atoms with van der Waals surface area (Å²) in [6.45, 7) is 7.00. The third-order valence-electron chi connectivity index (χ3n) is 2.93. The molecular weight excluding hydrogens is 276 g/mol. The Morgan fingerprint density at radius 1 is 1.35 bits per heavy atom. The molecule has 0 saturated heterocycles. The van der Waals surface area contributed by atoms with Gasteiger partial charge >= 0.3 is 0 Å². The van der Waals surface area contributed by atoms with Gasteiger partial charge in [0, 0.05) is 19.7 Å². The average Bonchev–Trinajstić information content (AvgIpc) is 2.39. The molecule has 0 radical (unpaired) electrons. The van der Waals surface area contributed by atoms with Crippen LogP contribution in [0.5, 0.6) is 0 Å². The number of aryl methyl sites for hydroxylation is 1. The molecule has 0 heterocycles. The fraction of sp³-hybridized carbons (Fsp3) is 0.571. The zero-order valence-electron chi connectivity index (χ0n) is 12.6. The summed E-state index contributed by atoms with van der Waals surface area (Å²) in [6, 6.07) is 5.46. The van der Waals surface area contributed by atoms with E-state index in [0.29, 0.717) is 18.0 Å². The second kappa shape index (κ2) is 7.73. The summed E-state index contributed by atoms with van der Waals surface area (Å²) in [5, 5.41) is 3.01. The summed E-state index contributed by atoms with van der Waals surface area (Å²) in [6.07, 6.45) is -0.143. The highest BCUT2D eigenvalue weighted by atomic mass is 32.2. The maximum absolute atomic E-state index is 12.3. The molecule has 20 heavy (non-hydrogen) atoms. The molecule has 0 bridgehead atoms. The summed E-state index contributed by atoms with van der Waals surface area (Å²) in [5.41, 5.74) is 1.68. The standard InChI is InChI=1S/C14H24N2O3S/c1-5-19-12(3)9-16-20(17,18)14-8-13(10-15-4)7-6-11(14)2/h6-8,12,15-16H,5,9-10H2,1-4H3. The second-order valence-corrected chi connectivity index (χ2v) is 6.48. The maximum atomic E-state index is 12.3. The van der Waals surface area contributed by atoms with Crippen molar-refractivity contribution in [2.45, 2.75) is 38.3 Å². The molecular formula is C14H24N2O3S. The topological polar surface area (TPSA) is 67.4 Å². The van der Waals surface area contributed by atoms with Crippen molar-refractivity contribution < 1.29 is 13.2 Å². The molecule has 1 aromatic carbocycles. The monoisotopic (exact) mass is 300 g/mol. The molecule has 6 heteroatoms. The van der Waals surface area contributed by atoms with E-state index in [9.17, 15) is 8.42 Å². The van der Waals surface area contributed by atoms with Crippen LogP contribution in [0.3, 0.4) is 0 Å². The van der Waals surface area contributed by atoms with Gasteiger partial charge in [-0.3, -0.25) is 0 Å². The summed E-state index contributed by atoms with van der Waals surface area (Å²) < 4.78 is 32.6. The van der Waals surface area contributed by atoms with Crippen LogP contribution in [0.25, 0.3) is 0 Å². The molecule has 0 saturated carbocycles. The Hall–Kier alpha value is -0.950. The number of benzene rings is 1. The van der Waals surface area contributed by atoms with Gasteiger partial charge in [0.05, 0.1) is 11.0 Å². The molecule has 1 atom stereocenters. The smallest absolute Gasteiger partial charge is 0.240 e. The number of sulfonamides is 1. The summed E-state index contributed by atoms with van der Waals surface area (Å²) in [4.78, 5) is 0.328. The predicted octanol–water partition coefficient (Wildman–Crippen LogP) is 1.42. The van der Waals surface area contributed by atoms with Crippen molar-refractivity contribution in [1.82, 2.24) is 10.0 Å². The van der Waals surface area contributed by atoms with Crippen molar-refractivity contribution in [3.63, 3.8) is 0 Å². The van der Waals surface area contributed by atoms with Gasteiger partial charge in [0.25, 0.3) is 0 Å². The van der Waals surface area contributed by atoms with E-state index < -0.39 is 10.0 Å². The fourth-order valence-corrected chi connectivity index (χ4v) is 3.30. The molecule has 0 aliphatic heterocycles. The molecule has 1 rings (SSSR count). The van der Waals surface area contributed by atoms with E-state index in [1.807, 2.05) is 33.0 Å². The lowest BCUT2D eigenvalue weighted by atomic mass is 10.1. The van der Waals surface area contributed by atoms with Gasteiger partial charge in [-0.25, -0.2) is 13.1 Å². The number of hydrogen-bond donors (Lipinski definition) is 2. The lowest BCUT2D eigenvalue weighted by molar-refractivity contribution is 0.0799. The first-order valence-electron chi connectivity index (χ1n) is 6.76. The van der Waals surface area contributed by atoms with E-state index in [-0.39, 0.29) is 12.6 Å². The predicted molar refractivity (Wildman–Crippen MR) is 80.2 cm³/mol. The minimum atomic E-state index is -3.50. The van der Waals surface area contributed by atoms with Crippen molar-refractivity contribution in [3.05, 3.63) is 29.3 Å². The highest BCUT2D eigenvalue weighted by Crippen LogP contribution is 2.17. The van der Waals surface area contributed by atoms with Gasteiger partial charge in [0.15, 0.2) is 0 Å². The number of ether oxygens (including phenoxy) is 1. The molecule has 0 spiro atoms. The van der Waals surface area contributed by atoms with E-state index in [4.69, 9.17) is 4.74 Å². The summed E-state index contributed by atoms with van der Waals surface area (Å²) in [5.74, 6) is 0. The first-order valence-corrected chi connectivity index (χ1v) is 8.24. The molecule has 5 nitrogen and oxygen atoms in total. The zero-order valence-corrected chi connectivity index (χ0v) is 13.4. The third kappa shape index (κ3) is 4.86. The van der Waals surface area contributed by atoms with Gasteiger partial charge in [-0.15, -0.1) is 0 Å². The SMILES string of the molecule is CCOC(C)CNS(=O)(=O)c1cc(CNC)ccc1C. The Morgan fingerprint density at radius 2 is 2.05 bits per heavy atom. The summed E-state index contributed by atoms with van der Waals surface area (Å²) in [7, 11) is -1.67. The Bertz CT molecular complexity index is 529. The highest BCUT2D eigenvalue weighted by molar-refractivity contribution is 7.89. The Labute approximate surface area is 121 Å². The van der Waals surface area contributed by atoms with Gasteiger partial charge in [-0.2, -0.15) is 0 Å². The van der Waals surface area contributed by atoms with E-state index in [1.54, 1.807) is 13.0 Å². The maximum Gasteiger partial charge on any atom is 0.240 e. The molecule has 0 aliphatic carbocycles. The van der Waals surface area contributed by atoms with Gasteiger partial charge < -0.3 is 10.1 Å². The second-order valence-electron chi connectivity index (χ2n) is 4.75. The average molecular weight is 300 g/mol. The first-order chi connectivity index (χ1) is 9.40. The number of nitrogens with one attached hydrogen (secondary N) is 2. The van der Waals surface area contributed by atoms with E-state index >= 15 is 0 Å². The number of hydrogen-bond acceptors (Lipinski definition) is 4. The van der Waals surface area contributed by atoms with Crippen molar-refractivity contribution in [3.8, 4) is 0 Å². The van der Waals surface area contributed by atoms with Crippen LogP contribution in [0.15, 0.2) is 23.1 Å². The Morgan fingerprint density at radius 3 is 2.65 bits per heavy atom. The van der Waals surface area contributed by atoms with Gasteiger partial charge in [0.2, 0.25) is 10.0 Å². The van der Waals surface area contributed by atoms with Crippen LogP contribution in [0.4, 0.5) is 0 Å². The van der Waals surface area contributed by atoms with Gasteiger partial charge in [0.1, 0.15) is 0 Å². The fourth-order valence-electron chi connectivity index (χ4n) is 1.90. The quantitative estimate of drug-likeness (QED) is 0.762. The molecule has 2 N–H and O–H groups in total. The Balaban J connectivity index is 2.88. The lowest BCUT2D eigenvalue weighted by Crippen LogP contribution is -2.32. The molecule has 1 unspecified atom stereocenters. The Kier molecular flexibility index (Phi) is 6.61. The molecule has 1 aromatic rings. The largest absolute Gasteiger partial charge is 0.377 e. The van der Waals surface area contributed by atoms with Crippen LogP contribution < -0.4 is 10.0 Å². The zero-order chi connectivity index (χ0) is 15.2. The van der Waals surface area contributed by atoms with Crippen molar-refractivity contribution in [1.29, 1.82) is 0 Å². The van der Waals surface area contributed by atoms with Crippen LogP contribution >= 0.6 is 0 Å². The minimum absolute atomic E-state index is 0.143. The van der Waals surface area contributed by atoms with Crippen molar-refractivity contribution in [2.75, 3.05) is 20.2 Å². The van der Waals surface area contributed by atoms with Crippen LogP contribution in [0.2, 0.25) is 0 Å². The minimum Gasteiger partial charge on any atom is -0.377 e. The van der Waals surface area contributed by atoms with Crippen molar-refractivity contribution in [2.24, 2.45) is 0 Å². The summed E-state index contributed by atoms with van der Waals surface area (Å²) >= 11 is 0. The third-order valence-corrected chi connectivity index (χ3v) is 4.50. The molecule has 114 valence electrons. The van der Waals surface area contributed by atoms with Crippen LogP contribution in [-0.2, 0) is 21.3 Å². The number of rotatable bonds is 8. The van der Waals surface area contributed by atoms with E-state index in [2.05, 4.69) is 10.0 Å². The van der Waals surface area contributed by atoms with Gasteiger partial charge in [-0.05, 0) is 45.0 Å². The normalized spacial score (nSPS) is 13.4. The van der Waals surface area contributed by atoms with Gasteiger partial charge in [-0.1, -0.05) is 12.1 Å². The lowest BCUT2D eigenvalue weighted by Gasteiger charge is -2.14. The molecule has 0 fully saturated rings.